The Bertz CT molecular complexity index is 385. The fourth-order valence-electron chi connectivity index (χ4n) is 0.959. The van der Waals surface area contributed by atoms with Gasteiger partial charge in [-0.1, -0.05) is 37.7 Å². The van der Waals surface area contributed by atoms with Gasteiger partial charge in [0.25, 0.3) is 0 Å². The summed E-state index contributed by atoms with van der Waals surface area (Å²) in [6, 6.07) is 6.52. The molecule has 4 heteroatoms. The van der Waals surface area contributed by atoms with Crippen LogP contribution in [0, 0.1) is 5.92 Å². The van der Waals surface area contributed by atoms with Gasteiger partial charge in [0.1, 0.15) is 0 Å². The normalized spacial score (nSPS) is 10.3. The Balaban J connectivity index is 2.94. The standard InChI is InChI=1S/C11H12O3S/c1-7(2)11(14)15-9-6-4-3-5-8(9)10(12)13/h3-7H,1-2H3,(H,12,13). The molecule has 1 aromatic carbocycles. The molecule has 3 nitrogen and oxygen atoms in total. The molecular formula is C11H12O3S. The smallest absolute Gasteiger partial charge is 0.336 e. The van der Waals surface area contributed by atoms with Gasteiger partial charge in [-0.05, 0) is 12.1 Å². The fraction of sp³-hybridized carbons (Fsp3) is 0.273. The van der Waals surface area contributed by atoms with E-state index >= 15 is 0 Å². The van der Waals surface area contributed by atoms with Crippen LogP contribution in [-0.4, -0.2) is 16.2 Å². The fourth-order valence-corrected chi connectivity index (χ4v) is 1.82. The molecule has 1 aromatic rings. The summed E-state index contributed by atoms with van der Waals surface area (Å²) in [7, 11) is 0. The zero-order valence-electron chi connectivity index (χ0n) is 8.56. The molecule has 0 radical (unpaired) electrons. The minimum Gasteiger partial charge on any atom is -0.478 e. The van der Waals surface area contributed by atoms with Crippen molar-refractivity contribution in [2.45, 2.75) is 18.7 Å². The molecule has 1 rings (SSSR count). The number of aromatic carboxylic acids is 1. The lowest BCUT2D eigenvalue weighted by Crippen LogP contribution is -2.04. The van der Waals surface area contributed by atoms with E-state index in [9.17, 15) is 9.59 Å². The molecule has 0 amide bonds. The van der Waals surface area contributed by atoms with Gasteiger partial charge in [-0.25, -0.2) is 4.79 Å². The summed E-state index contributed by atoms with van der Waals surface area (Å²) >= 11 is 0.987. The third kappa shape index (κ3) is 3.09. The van der Waals surface area contributed by atoms with Crippen molar-refractivity contribution < 1.29 is 14.7 Å². The maximum atomic E-state index is 11.5. The Kier molecular flexibility index (Phi) is 3.91. The molecule has 0 fully saturated rings. The lowest BCUT2D eigenvalue weighted by molar-refractivity contribution is -0.113. The molecule has 0 spiro atoms. The molecule has 80 valence electrons. The van der Waals surface area contributed by atoms with Gasteiger partial charge in [-0.15, -0.1) is 0 Å². The van der Waals surface area contributed by atoms with Crippen molar-refractivity contribution in [3.05, 3.63) is 29.8 Å². The first-order chi connectivity index (χ1) is 7.02. The maximum absolute atomic E-state index is 11.5. The van der Waals surface area contributed by atoms with Crippen molar-refractivity contribution in [3.63, 3.8) is 0 Å². The first-order valence-electron chi connectivity index (χ1n) is 4.56. The quantitative estimate of drug-likeness (QED) is 0.802. The third-order valence-electron chi connectivity index (χ3n) is 1.80. The Hall–Kier alpha value is -1.29. The van der Waals surface area contributed by atoms with Crippen LogP contribution in [0.4, 0.5) is 0 Å². The Morgan fingerprint density at radius 2 is 1.87 bits per heavy atom. The van der Waals surface area contributed by atoms with Crippen LogP contribution in [0.5, 0.6) is 0 Å². The molecule has 0 heterocycles. The van der Waals surface area contributed by atoms with E-state index in [0.717, 1.165) is 11.8 Å². The van der Waals surface area contributed by atoms with E-state index < -0.39 is 5.97 Å². The SMILES string of the molecule is CC(C)C(=O)Sc1ccccc1C(=O)O. The third-order valence-corrected chi connectivity index (χ3v) is 3.05. The second-order valence-electron chi connectivity index (χ2n) is 3.38. The molecule has 0 aromatic heterocycles. The topological polar surface area (TPSA) is 54.4 Å². The summed E-state index contributed by atoms with van der Waals surface area (Å²) in [5.41, 5.74) is 0.177. The van der Waals surface area contributed by atoms with Crippen LogP contribution >= 0.6 is 11.8 Å². The summed E-state index contributed by atoms with van der Waals surface area (Å²) in [6.45, 7) is 3.58. The van der Waals surface area contributed by atoms with Crippen molar-refractivity contribution in [1.29, 1.82) is 0 Å². The van der Waals surface area contributed by atoms with Crippen LogP contribution in [0.25, 0.3) is 0 Å². The van der Waals surface area contributed by atoms with Crippen molar-refractivity contribution in [2.24, 2.45) is 5.92 Å². The summed E-state index contributed by atoms with van der Waals surface area (Å²) in [4.78, 5) is 22.8. The van der Waals surface area contributed by atoms with E-state index in [-0.39, 0.29) is 16.6 Å². The number of carbonyl (C=O) groups excluding carboxylic acids is 1. The van der Waals surface area contributed by atoms with Gasteiger partial charge >= 0.3 is 5.97 Å². The van der Waals surface area contributed by atoms with Crippen molar-refractivity contribution in [1.82, 2.24) is 0 Å². The average Bonchev–Trinajstić information content (AvgIpc) is 2.18. The molecule has 0 aliphatic heterocycles. The molecule has 0 atom stereocenters. The number of thioether (sulfide) groups is 1. The molecule has 0 saturated carbocycles. The summed E-state index contributed by atoms with van der Waals surface area (Å²) in [5.74, 6) is -1.11. The summed E-state index contributed by atoms with van der Waals surface area (Å²) < 4.78 is 0. The molecule has 0 unspecified atom stereocenters. The van der Waals surface area contributed by atoms with Gasteiger partial charge in [-0.3, -0.25) is 4.79 Å². The van der Waals surface area contributed by atoms with E-state index in [2.05, 4.69) is 0 Å². The summed E-state index contributed by atoms with van der Waals surface area (Å²) in [5, 5.41) is 8.87. The summed E-state index contributed by atoms with van der Waals surface area (Å²) in [6.07, 6.45) is 0. The second-order valence-corrected chi connectivity index (χ2v) is 4.42. The molecule has 0 bridgehead atoms. The zero-order valence-corrected chi connectivity index (χ0v) is 9.38. The number of benzene rings is 1. The monoisotopic (exact) mass is 224 g/mol. The first-order valence-corrected chi connectivity index (χ1v) is 5.38. The number of hydrogen-bond donors (Lipinski definition) is 1. The molecule has 1 N–H and O–H groups in total. The number of carbonyl (C=O) groups is 2. The minimum atomic E-state index is -1.00. The van der Waals surface area contributed by atoms with Crippen LogP contribution in [0.2, 0.25) is 0 Å². The highest BCUT2D eigenvalue weighted by Crippen LogP contribution is 2.25. The van der Waals surface area contributed by atoms with E-state index in [0.29, 0.717) is 4.90 Å². The van der Waals surface area contributed by atoms with Crippen molar-refractivity contribution in [3.8, 4) is 0 Å². The largest absolute Gasteiger partial charge is 0.478 e. The minimum absolute atomic E-state index is 0.0244. The van der Waals surface area contributed by atoms with Crippen LogP contribution in [-0.2, 0) is 4.79 Å². The lowest BCUT2D eigenvalue weighted by Gasteiger charge is -2.06. The van der Waals surface area contributed by atoms with Gasteiger partial charge in [0.2, 0.25) is 0 Å². The molecular weight excluding hydrogens is 212 g/mol. The molecule has 0 aliphatic carbocycles. The van der Waals surface area contributed by atoms with Crippen LogP contribution in [0.3, 0.4) is 0 Å². The predicted molar refractivity (Wildman–Crippen MR) is 59.1 cm³/mol. The Morgan fingerprint density at radius 1 is 1.27 bits per heavy atom. The van der Waals surface area contributed by atoms with Gasteiger partial charge in [0.15, 0.2) is 5.12 Å². The Labute approximate surface area is 92.5 Å². The predicted octanol–water partition coefficient (Wildman–Crippen LogP) is 2.66. The highest BCUT2D eigenvalue weighted by molar-refractivity contribution is 8.13. The zero-order chi connectivity index (χ0) is 11.4. The van der Waals surface area contributed by atoms with E-state index in [1.54, 1.807) is 32.0 Å². The van der Waals surface area contributed by atoms with Crippen molar-refractivity contribution in [2.75, 3.05) is 0 Å². The molecule has 0 aliphatic rings. The lowest BCUT2D eigenvalue weighted by atomic mass is 10.2. The average molecular weight is 224 g/mol. The highest BCUT2D eigenvalue weighted by Gasteiger charge is 2.15. The van der Waals surface area contributed by atoms with Crippen LogP contribution in [0.1, 0.15) is 24.2 Å². The van der Waals surface area contributed by atoms with Gasteiger partial charge < -0.3 is 5.11 Å². The maximum Gasteiger partial charge on any atom is 0.336 e. The van der Waals surface area contributed by atoms with Gasteiger partial charge in [0.05, 0.1) is 5.56 Å². The van der Waals surface area contributed by atoms with Gasteiger partial charge in [0, 0.05) is 10.8 Å². The molecule has 15 heavy (non-hydrogen) atoms. The highest BCUT2D eigenvalue weighted by atomic mass is 32.2. The number of hydrogen-bond acceptors (Lipinski definition) is 3. The number of carboxylic acid groups (broad SMARTS) is 1. The van der Waals surface area contributed by atoms with Gasteiger partial charge in [-0.2, -0.15) is 0 Å². The van der Waals surface area contributed by atoms with E-state index in [4.69, 9.17) is 5.11 Å². The second kappa shape index (κ2) is 4.98. The van der Waals surface area contributed by atoms with E-state index in [1.165, 1.54) is 6.07 Å². The number of carboxylic acids is 1. The van der Waals surface area contributed by atoms with Crippen LogP contribution < -0.4 is 0 Å². The molecule has 0 saturated heterocycles. The van der Waals surface area contributed by atoms with Crippen LogP contribution in [0.15, 0.2) is 29.2 Å². The first kappa shape index (κ1) is 11.8. The van der Waals surface area contributed by atoms with E-state index in [1.807, 2.05) is 0 Å². The Morgan fingerprint density at radius 3 is 2.40 bits per heavy atom. The van der Waals surface area contributed by atoms with Crippen molar-refractivity contribution >= 4 is 22.8 Å². The number of rotatable bonds is 3.